The lowest BCUT2D eigenvalue weighted by atomic mass is 10.6. The van der Waals surface area contributed by atoms with Gasteiger partial charge in [-0.15, -0.1) is 4.78 Å². The van der Waals surface area contributed by atoms with Gasteiger partial charge >= 0.3 is 0 Å². The quantitative estimate of drug-likeness (QED) is 0.207. The van der Waals surface area contributed by atoms with Gasteiger partial charge in [-0.2, -0.15) is 0 Å². The van der Waals surface area contributed by atoms with Gasteiger partial charge in [0.2, 0.25) is 0 Å². The van der Waals surface area contributed by atoms with E-state index in [1.54, 1.807) is 0 Å². The molecule has 0 heterocycles. The Kier molecular flexibility index (Phi) is 12.2. The second kappa shape index (κ2) is 9.50. The molecular weight excluding hydrogens is 122 g/mol. The van der Waals surface area contributed by atoms with Gasteiger partial charge in [0.05, 0.1) is 0 Å². The van der Waals surface area contributed by atoms with Crippen molar-refractivity contribution in [1.82, 2.24) is 0 Å². The Balaban J connectivity index is 0. The predicted octanol–water partition coefficient (Wildman–Crippen LogP) is 0.976. The summed E-state index contributed by atoms with van der Waals surface area (Å²) in [6.07, 6.45) is 0. The topological polar surface area (TPSA) is 65.8 Å². The van der Waals surface area contributed by atoms with Gasteiger partial charge in [0.15, 0.2) is 0 Å². The van der Waals surface area contributed by atoms with Crippen LogP contribution < -0.4 is 0 Å². The summed E-state index contributed by atoms with van der Waals surface area (Å²) in [5, 5.41) is 0. The fraction of sp³-hybridized carbons (Fsp3) is 0.667. The maximum Gasteiger partial charge on any atom is 0.141 e. The highest BCUT2D eigenvalue weighted by Crippen LogP contribution is 1.50. The number of ketones is 1. The first-order valence-corrected chi connectivity index (χ1v) is 2.27. The summed E-state index contributed by atoms with van der Waals surface area (Å²) in [5.74, 6) is 0.167. The van der Waals surface area contributed by atoms with Crippen molar-refractivity contribution in [3.8, 4) is 0 Å². The summed E-state index contributed by atoms with van der Waals surface area (Å²) in [6.45, 7) is 3.06. The van der Waals surface area contributed by atoms with Crippen molar-refractivity contribution in [1.29, 1.82) is 0 Å². The molecule has 5 heteroatoms. The number of rotatable bonds is 0. The molecule has 0 aromatic carbocycles. The molecule has 0 fully saturated rings. The van der Waals surface area contributed by atoms with Gasteiger partial charge < -0.3 is 4.79 Å². The van der Waals surface area contributed by atoms with Crippen molar-refractivity contribution in [2.75, 3.05) is 0 Å². The van der Waals surface area contributed by atoms with Crippen LogP contribution in [0.25, 0.3) is 10.4 Å². The Labute approximate surface area is 51.0 Å². The number of nitrogens with zero attached hydrogens (tertiary/aromatic N) is 3. The minimum absolute atomic E-state index is 0.167. The average molecular weight is 128 g/mol. The predicted molar refractivity (Wildman–Crippen MR) is 31.3 cm³/mol. The maximum atomic E-state index is 9.44. The van der Waals surface area contributed by atoms with E-state index in [1.165, 1.54) is 13.8 Å². The summed E-state index contributed by atoms with van der Waals surface area (Å²) in [5.41, 5.74) is 7.28. The molecule has 0 amide bonds. The molecule has 0 spiro atoms. The van der Waals surface area contributed by atoms with E-state index in [1.807, 2.05) is 0 Å². The van der Waals surface area contributed by atoms with E-state index in [-0.39, 0.29) is 5.78 Å². The molecular formula is C3H6N3OSi. The number of carbonyl (C=O) groups is 1. The molecule has 0 rings (SSSR count). The fourth-order valence-corrected chi connectivity index (χ4v) is 0. The Morgan fingerprint density at radius 3 is 1.88 bits per heavy atom. The van der Waals surface area contributed by atoms with Crippen molar-refractivity contribution in [3.05, 3.63) is 10.4 Å². The third-order valence-corrected chi connectivity index (χ3v) is 0.134. The molecule has 43 valence electrons. The number of hydrogen-bond donors (Lipinski definition) is 0. The van der Waals surface area contributed by atoms with Crippen molar-refractivity contribution in [2.45, 2.75) is 13.8 Å². The highest BCUT2D eigenvalue weighted by atomic mass is 28.2. The first-order valence-electron chi connectivity index (χ1n) is 1.83. The van der Waals surface area contributed by atoms with Crippen LogP contribution in [0, 0.1) is 0 Å². The third kappa shape index (κ3) is 2360. The molecule has 0 aromatic heterocycles. The molecule has 0 saturated heterocycles. The van der Waals surface area contributed by atoms with Gasteiger partial charge in [0, 0.05) is 0 Å². The molecule has 0 unspecified atom stereocenters. The van der Waals surface area contributed by atoms with Crippen molar-refractivity contribution < 1.29 is 4.79 Å². The molecule has 0 aliphatic heterocycles. The van der Waals surface area contributed by atoms with E-state index in [9.17, 15) is 4.79 Å². The van der Waals surface area contributed by atoms with Crippen LogP contribution in [0.4, 0.5) is 0 Å². The molecule has 0 aromatic rings. The van der Waals surface area contributed by atoms with Gasteiger partial charge in [-0.3, -0.25) is 0 Å². The van der Waals surface area contributed by atoms with Crippen LogP contribution in [0.1, 0.15) is 13.8 Å². The summed E-state index contributed by atoms with van der Waals surface area (Å²) in [7, 11) is 2.50. The Bertz CT molecular complexity index is 103. The Morgan fingerprint density at radius 1 is 1.75 bits per heavy atom. The van der Waals surface area contributed by atoms with Gasteiger partial charge in [0.25, 0.3) is 0 Å². The standard InChI is InChI=1S/C3H6O.N3Si/c1-3(2)4;1-2-3-4/h1-2H3;. The lowest BCUT2D eigenvalue weighted by Crippen LogP contribution is -1.69. The zero-order valence-electron chi connectivity index (χ0n) is 4.75. The lowest BCUT2D eigenvalue weighted by Gasteiger charge is -1.56. The molecule has 0 saturated carbocycles. The first kappa shape index (κ1) is 10.2. The molecule has 8 heavy (non-hydrogen) atoms. The molecule has 4 nitrogen and oxygen atoms in total. The van der Waals surface area contributed by atoms with Crippen molar-refractivity contribution in [2.24, 2.45) is 4.78 Å². The SMILES string of the molecule is CC(C)=O.[N-]=[N+]=N[Si]. The number of Topliss-reactive ketones (excluding diaryl/α,β-unsaturated/α-hetero) is 1. The Morgan fingerprint density at radius 2 is 1.88 bits per heavy atom. The number of carbonyl (C=O) groups excluding carboxylic acids is 1. The normalized spacial score (nSPS) is 5.38. The smallest absolute Gasteiger partial charge is 0.141 e. The maximum absolute atomic E-state index is 9.44. The lowest BCUT2D eigenvalue weighted by molar-refractivity contribution is -0.114. The zero-order chi connectivity index (χ0) is 6.99. The Hall–Kier alpha value is -0.803. The van der Waals surface area contributed by atoms with Gasteiger partial charge in [-0.05, 0) is 24.3 Å². The summed E-state index contributed by atoms with van der Waals surface area (Å²) in [4.78, 5) is 11.7. The third-order valence-electron chi connectivity index (χ3n) is 0.0447. The molecule has 0 atom stereocenters. The molecule has 0 N–H and O–H groups in total. The largest absolute Gasteiger partial charge is 0.300 e. The van der Waals surface area contributed by atoms with E-state index in [2.05, 4.69) is 20.1 Å². The summed E-state index contributed by atoms with van der Waals surface area (Å²) < 4.78 is 2.72. The monoisotopic (exact) mass is 128 g/mol. The first-order chi connectivity index (χ1) is 3.65. The highest BCUT2D eigenvalue weighted by molar-refractivity contribution is 6.05. The van der Waals surface area contributed by atoms with Crippen molar-refractivity contribution >= 4 is 16.2 Å². The van der Waals surface area contributed by atoms with E-state index in [0.717, 1.165) is 0 Å². The van der Waals surface area contributed by atoms with Crippen LogP contribution in [0.5, 0.6) is 0 Å². The fourth-order valence-electron chi connectivity index (χ4n) is 0. The summed E-state index contributed by atoms with van der Waals surface area (Å²) in [6, 6.07) is 0. The van der Waals surface area contributed by atoms with E-state index >= 15 is 0 Å². The van der Waals surface area contributed by atoms with Crippen LogP contribution >= 0.6 is 0 Å². The minimum atomic E-state index is 0.167. The second-order valence-corrected chi connectivity index (χ2v) is 1.30. The second-order valence-electron chi connectivity index (χ2n) is 1.10. The van der Waals surface area contributed by atoms with Crippen LogP contribution in [0.15, 0.2) is 4.78 Å². The molecule has 0 aliphatic carbocycles. The van der Waals surface area contributed by atoms with Crippen LogP contribution in [-0.4, -0.2) is 16.2 Å². The van der Waals surface area contributed by atoms with Crippen LogP contribution in [-0.2, 0) is 4.79 Å². The molecule has 0 bridgehead atoms. The average Bonchev–Trinajstić information content (AvgIpc) is 1.65. The number of hydrogen-bond acceptors (Lipinski definition) is 2. The van der Waals surface area contributed by atoms with Crippen molar-refractivity contribution in [3.63, 3.8) is 0 Å². The van der Waals surface area contributed by atoms with Crippen LogP contribution in [0.2, 0.25) is 0 Å². The zero-order valence-corrected chi connectivity index (χ0v) is 5.75. The highest BCUT2D eigenvalue weighted by Gasteiger charge is 1.62. The number of azide groups is 1. The van der Waals surface area contributed by atoms with Crippen LogP contribution in [0.3, 0.4) is 0 Å². The van der Waals surface area contributed by atoms with Gasteiger partial charge in [-0.25, -0.2) is 0 Å². The summed E-state index contributed by atoms with van der Waals surface area (Å²) >= 11 is 0. The van der Waals surface area contributed by atoms with Gasteiger partial charge in [-0.1, -0.05) is 0 Å². The van der Waals surface area contributed by atoms with E-state index in [0.29, 0.717) is 0 Å². The minimum Gasteiger partial charge on any atom is -0.300 e. The van der Waals surface area contributed by atoms with E-state index in [4.69, 9.17) is 5.53 Å². The molecule has 3 radical (unpaired) electrons. The van der Waals surface area contributed by atoms with E-state index < -0.39 is 0 Å². The molecule has 0 aliphatic rings. The van der Waals surface area contributed by atoms with Gasteiger partial charge in [0.1, 0.15) is 16.2 Å².